The highest BCUT2D eigenvalue weighted by Gasteiger charge is 2.28. The molecule has 0 aromatic heterocycles. The van der Waals surface area contributed by atoms with E-state index < -0.39 is 38.5 Å². The summed E-state index contributed by atoms with van der Waals surface area (Å²) in [6.45, 7) is 4.65. The first-order valence-corrected chi connectivity index (χ1v) is 7.60. The third-order valence-corrected chi connectivity index (χ3v) is 4.04. The lowest BCUT2D eigenvalue weighted by Gasteiger charge is -2.16. The van der Waals surface area contributed by atoms with Gasteiger partial charge in [-0.15, -0.1) is 0 Å². The molecule has 4 N–H and O–H groups in total. The molecule has 0 heterocycles. The van der Waals surface area contributed by atoms with Gasteiger partial charge in [-0.1, -0.05) is 0 Å². The maximum absolute atomic E-state index is 13.6. The second-order valence-corrected chi connectivity index (χ2v) is 6.47. The van der Waals surface area contributed by atoms with Crippen LogP contribution < -0.4 is 15.8 Å². The van der Waals surface area contributed by atoms with E-state index in [-0.39, 0.29) is 11.7 Å². The summed E-state index contributed by atoms with van der Waals surface area (Å²) < 4.78 is 53.1. The molecule has 0 aliphatic rings. The van der Waals surface area contributed by atoms with Crippen molar-refractivity contribution < 1.29 is 22.0 Å². The zero-order valence-corrected chi connectivity index (χ0v) is 12.6. The normalized spacial score (nSPS) is 13.2. The van der Waals surface area contributed by atoms with Crippen LogP contribution in [0.2, 0.25) is 0 Å². The fourth-order valence-electron chi connectivity index (χ4n) is 1.59. The number of nitrogen functional groups attached to an aromatic ring is 1. The largest absolute Gasteiger partial charge is 0.399 e. The topological polar surface area (TPSA) is 101 Å². The van der Waals surface area contributed by atoms with Gasteiger partial charge in [0.1, 0.15) is 11.6 Å². The Kier molecular flexibility index (Phi) is 5.24. The molecule has 1 aromatic rings. The van der Waals surface area contributed by atoms with Crippen LogP contribution in [0.15, 0.2) is 17.0 Å². The average molecular weight is 321 g/mol. The molecule has 118 valence electrons. The molecule has 0 aliphatic carbocycles. The third kappa shape index (κ3) is 4.36. The first kappa shape index (κ1) is 17.3. The van der Waals surface area contributed by atoms with E-state index in [4.69, 9.17) is 5.73 Å². The van der Waals surface area contributed by atoms with Crippen LogP contribution in [-0.4, -0.2) is 26.4 Å². The van der Waals surface area contributed by atoms with Crippen molar-refractivity contribution in [1.29, 1.82) is 0 Å². The standard InChI is InChI=1S/C12H17F2N3O3S/c1-6(2)16-12(18)7(3)17-21(19,20)11-9(13)4-8(15)5-10(11)14/h4-7,17H,15H2,1-3H3,(H,16,18). The number of nitrogens with one attached hydrogen (secondary N) is 2. The molecular formula is C12H17F2N3O3S. The van der Waals surface area contributed by atoms with Crippen molar-refractivity contribution in [2.45, 2.75) is 37.8 Å². The molecule has 1 rings (SSSR count). The summed E-state index contributed by atoms with van der Waals surface area (Å²) in [7, 11) is -4.53. The van der Waals surface area contributed by atoms with Gasteiger partial charge in [-0.2, -0.15) is 4.72 Å². The van der Waals surface area contributed by atoms with Gasteiger partial charge in [0.05, 0.1) is 6.04 Å². The molecule has 0 aliphatic heterocycles. The number of amides is 1. The Labute approximate surface area is 121 Å². The van der Waals surface area contributed by atoms with Crippen molar-refractivity contribution in [2.24, 2.45) is 0 Å². The van der Waals surface area contributed by atoms with E-state index in [1.807, 2.05) is 4.72 Å². The van der Waals surface area contributed by atoms with Gasteiger partial charge in [0.15, 0.2) is 4.90 Å². The van der Waals surface area contributed by atoms with E-state index in [0.717, 1.165) is 0 Å². The van der Waals surface area contributed by atoms with Crippen molar-refractivity contribution in [2.75, 3.05) is 5.73 Å². The number of carbonyl (C=O) groups excluding carboxylic acids is 1. The second kappa shape index (κ2) is 6.35. The summed E-state index contributed by atoms with van der Waals surface area (Å²) in [5.41, 5.74) is 4.98. The van der Waals surface area contributed by atoms with E-state index in [1.54, 1.807) is 13.8 Å². The maximum Gasteiger partial charge on any atom is 0.247 e. The minimum Gasteiger partial charge on any atom is -0.399 e. The Morgan fingerprint density at radius 1 is 1.19 bits per heavy atom. The quantitative estimate of drug-likeness (QED) is 0.696. The third-order valence-electron chi connectivity index (χ3n) is 2.45. The highest BCUT2D eigenvalue weighted by atomic mass is 32.2. The zero-order chi connectivity index (χ0) is 16.4. The Bertz CT molecular complexity index is 624. The molecule has 6 nitrogen and oxygen atoms in total. The molecule has 21 heavy (non-hydrogen) atoms. The number of benzene rings is 1. The summed E-state index contributed by atoms with van der Waals surface area (Å²) >= 11 is 0. The van der Waals surface area contributed by atoms with Gasteiger partial charge >= 0.3 is 0 Å². The van der Waals surface area contributed by atoms with Crippen molar-refractivity contribution in [3.8, 4) is 0 Å². The van der Waals surface area contributed by atoms with Crippen LogP contribution in [0, 0.1) is 11.6 Å². The van der Waals surface area contributed by atoms with E-state index >= 15 is 0 Å². The number of anilines is 1. The molecule has 0 fully saturated rings. The number of rotatable bonds is 5. The lowest BCUT2D eigenvalue weighted by molar-refractivity contribution is -0.122. The summed E-state index contributed by atoms with van der Waals surface area (Å²) in [4.78, 5) is 10.5. The fraction of sp³-hybridized carbons (Fsp3) is 0.417. The molecular weight excluding hydrogens is 304 g/mol. The molecule has 0 radical (unpaired) electrons. The maximum atomic E-state index is 13.6. The Morgan fingerprint density at radius 3 is 2.10 bits per heavy atom. The number of hydrogen-bond acceptors (Lipinski definition) is 4. The van der Waals surface area contributed by atoms with Gasteiger partial charge in [0.25, 0.3) is 0 Å². The highest BCUT2D eigenvalue weighted by Crippen LogP contribution is 2.21. The van der Waals surface area contributed by atoms with E-state index in [1.165, 1.54) is 6.92 Å². The van der Waals surface area contributed by atoms with Crippen LogP contribution in [0.25, 0.3) is 0 Å². The minimum absolute atomic E-state index is 0.200. The number of halogens is 2. The van der Waals surface area contributed by atoms with Crippen molar-refractivity contribution in [3.63, 3.8) is 0 Å². The van der Waals surface area contributed by atoms with Gasteiger partial charge in [0.2, 0.25) is 15.9 Å². The molecule has 1 unspecified atom stereocenters. The van der Waals surface area contributed by atoms with Crippen LogP contribution in [0.1, 0.15) is 20.8 Å². The summed E-state index contributed by atoms with van der Waals surface area (Å²) in [5.74, 6) is -3.25. The van der Waals surface area contributed by atoms with Crippen LogP contribution >= 0.6 is 0 Å². The Balaban J connectivity index is 3.05. The first-order chi connectivity index (χ1) is 9.54. The molecule has 0 bridgehead atoms. The van der Waals surface area contributed by atoms with Crippen molar-refractivity contribution >= 4 is 21.6 Å². The number of hydrogen-bond donors (Lipinski definition) is 3. The van der Waals surface area contributed by atoms with Crippen LogP contribution in [0.4, 0.5) is 14.5 Å². The number of nitrogens with two attached hydrogens (primary N) is 1. The molecule has 9 heteroatoms. The Morgan fingerprint density at radius 2 is 1.67 bits per heavy atom. The van der Waals surface area contributed by atoms with Gasteiger partial charge in [-0.05, 0) is 32.9 Å². The predicted octanol–water partition coefficient (Wildman–Crippen LogP) is 0.738. The zero-order valence-electron chi connectivity index (χ0n) is 11.8. The highest BCUT2D eigenvalue weighted by molar-refractivity contribution is 7.89. The van der Waals surface area contributed by atoms with Gasteiger partial charge in [0, 0.05) is 11.7 Å². The van der Waals surface area contributed by atoms with Crippen molar-refractivity contribution in [3.05, 3.63) is 23.8 Å². The summed E-state index contributed by atoms with van der Waals surface area (Å²) in [5, 5.41) is 2.48. The van der Waals surface area contributed by atoms with Gasteiger partial charge in [-0.3, -0.25) is 4.79 Å². The molecule has 1 aromatic carbocycles. The Hall–Kier alpha value is -1.74. The molecule has 0 saturated heterocycles. The van der Waals surface area contributed by atoms with Gasteiger partial charge in [-0.25, -0.2) is 17.2 Å². The molecule has 1 amide bonds. The van der Waals surface area contributed by atoms with Gasteiger partial charge < -0.3 is 11.1 Å². The summed E-state index contributed by atoms with van der Waals surface area (Å²) in [6, 6.07) is -0.00398. The second-order valence-electron chi connectivity index (χ2n) is 4.82. The number of sulfonamides is 1. The first-order valence-electron chi connectivity index (χ1n) is 6.12. The molecule has 0 spiro atoms. The number of carbonyl (C=O) groups is 1. The molecule has 1 atom stereocenters. The monoisotopic (exact) mass is 321 g/mol. The van der Waals surface area contributed by atoms with E-state index in [2.05, 4.69) is 5.32 Å². The lowest BCUT2D eigenvalue weighted by atomic mass is 10.3. The predicted molar refractivity (Wildman–Crippen MR) is 73.8 cm³/mol. The summed E-state index contributed by atoms with van der Waals surface area (Å²) in [6.07, 6.45) is 0. The lowest BCUT2D eigenvalue weighted by Crippen LogP contribution is -2.47. The van der Waals surface area contributed by atoms with Crippen LogP contribution in [-0.2, 0) is 14.8 Å². The minimum atomic E-state index is -4.53. The molecule has 0 saturated carbocycles. The fourth-order valence-corrected chi connectivity index (χ4v) is 2.91. The van der Waals surface area contributed by atoms with Crippen LogP contribution in [0.5, 0.6) is 0 Å². The average Bonchev–Trinajstić information content (AvgIpc) is 2.24. The van der Waals surface area contributed by atoms with E-state index in [9.17, 15) is 22.0 Å². The van der Waals surface area contributed by atoms with Crippen molar-refractivity contribution in [1.82, 2.24) is 10.0 Å². The SMILES string of the molecule is CC(C)NC(=O)C(C)NS(=O)(=O)c1c(F)cc(N)cc1F. The smallest absolute Gasteiger partial charge is 0.247 e. The van der Waals surface area contributed by atoms with Crippen LogP contribution in [0.3, 0.4) is 0 Å². The van der Waals surface area contributed by atoms with E-state index in [0.29, 0.717) is 12.1 Å².